The average molecular weight is 278 g/mol. The van der Waals surface area contributed by atoms with Gasteiger partial charge in [0.1, 0.15) is 5.75 Å². The van der Waals surface area contributed by atoms with Gasteiger partial charge in [0, 0.05) is 23.5 Å². The summed E-state index contributed by atoms with van der Waals surface area (Å²) in [6.45, 7) is 0. The molecule has 19 heavy (non-hydrogen) atoms. The SMILES string of the molecule is COc1ccnc(-c2ccc(NS(C)(=O)=O)cc2)c1. The minimum atomic E-state index is -3.25. The average Bonchev–Trinajstić information content (AvgIpc) is 2.38. The van der Waals surface area contributed by atoms with E-state index in [4.69, 9.17) is 4.74 Å². The molecular formula is C13H14N2O3S. The van der Waals surface area contributed by atoms with Crippen LogP contribution in [-0.2, 0) is 10.0 Å². The van der Waals surface area contributed by atoms with Gasteiger partial charge in [-0.3, -0.25) is 9.71 Å². The first-order chi connectivity index (χ1) is 8.98. The standard InChI is InChI=1S/C13H14N2O3S/c1-18-12-7-8-14-13(9-12)10-3-5-11(6-4-10)15-19(2,16)17/h3-9,15H,1-2H3. The van der Waals surface area contributed by atoms with Gasteiger partial charge >= 0.3 is 0 Å². The van der Waals surface area contributed by atoms with Crippen molar-refractivity contribution in [2.24, 2.45) is 0 Å². The molecule has 0 atom stereocenters. The van der Waals surface area contributed by atoms with Crippen LogP contribution in [0.2, 0.25) is 0 Å². The van der Waals surface area contributed by atoms with Gasteiger partial charge in [-0.1, -0.05) is 12.1 Å². The summed E-state index contributed by atoms with van der Waals surface area (Å²) in [7, 11) is -1.66. The van der Waals surface area contributed by atoms with Crippen LogP contribution in [0, 0.1) is 0 Å². The maximum absolute atomic E-state index is 11.1. The zero-order valence-electron chi connectivity index (χ0n) is 10.6. The predicted molar refractivity (Wildman–Crippen MR) is 74.7 cm³/mol. The van der Waals surface area contributed by atoms with Crippen molar-refractivity contribution in [1.29, 1.82) is 0 Å². The second kappa shape index (κ2) is 5.27. The molecule has 0 aliphatic heterocycles. The van der Waals surface area contributed by atoms with Crippen LogP contribution in [0.25, 0.3) is 11.3 Å². The number of nitrogens with one attached hydrogen (secondary N) is 1. The lowest BCUT2D eigenvalue weighted by molar-refractivity contribution is 0.414. The van der Waals surface area contributed by atoms with Gasteiger partial charge in [-0.2, -0.15) is 0 Å². The fourth-order valence-electron chi connectivity index (χ4n) is 1.62. The molecule has 1 aromatic heterocycles. The Morgan fingerprint density at radius 1 is 1.16 bits per heavy atom. The van der Waals surface area contributed by atoms with Crippen LogP contribution >= 0.6 is 0 Å². The largest absolute Gasteiger partial charge is 0.497 e. The number of anilines is 1. The predicted octanol–water partition coefficient (Wildman–Crippen LogP) is 2.13. The number of hydrogen-bond donors (Lipinski definition) is 1. The number of ether oxygens (including phenoxy) is 1. The Balaban J connectivity index is 2.27. The van der Waals surface area contributed by atoms with Gasteiger partial charge in [-0.15, -0.1) is 0 Å². The van der Waals surface area contributed by atoms with Gasteiger partial charge in [0.05, 0.1) is 19.1 Å². The summed E-state index contributed by atoms with van der Waals surface area (Å²) < 4.78 is 29.7. The van der Waals surface area contributed by atoms with Crippen LogP contribution in [0.4, 0.5) is 5.69 Å². The molecule has 2 rings (SSSR count). The Kier molecular flexibility index (Phi) is 3.71. The lowest BCUT2D eigenvalue weighted by atomic mass is 10.1. The van der Waals surface area contributed by atoms with Gasteiger partial charge in [-0.25, -0.2) is 8.42 Å². The first-order valence-corrected chi connectivity index (χ1v) is 7.45. The quantitative estimate of drug-likeness (QED) is 0.930. The Labute approximate surface area is 112 Å². The molecule has 0 saturated heterocycles. The molecule has 1 N–H and O–H groups in total. The number of rotatable bonds is 4. The van der Waals surface area contributed by atoms with Gasteiger partial charge in [-0.05, 0) is 18.2 Å². The third kappa shape index (κ3) is 3.69. The molecule has 0 radical (unpaired) electrons. The number of sulfonamides is 1. The molecule has 0 aliphatic rings. The molecule has 0 fully saturated rings. The minimum absolute atomic E-state index is 0.522. The summed E-state index contributed by atoms with van der Waals surface area (Å²) in [6, 6.07) is 10.6. The topological polar surface area (TPSA) is 68.3 Å². The third-order valence-electron chi connectivity index (χ3n) is 2.45. The highest BCUT2D eigenvalue weighted by Gasteiger charge is 2.04. The van der Waals surface area contributed by atoms with Crippen molar-refractivity contribution in [3.8, 4) is 17.0 Å². The molecule has 0 saturated carbocycles. The van der Waals surface area contributed by atoms with Crippen molar-refractivity contribution in [3.05, 3.63) is 42.6 Å². The van der Waals surface area contributed by atoms with Crippen molar-refractivity contribution in [1.82, 2.24) is 4.98 Å². The van der Waals surface area contributed by atoms with E-state index in [0.717, 1.165) is 23.3 Å². The van der Waals surface area contributed by atoms with Crippen LogP contribution in [-0.4, -0.2) is 26.8 Å². The summed E-state index contributed by atoms with van der Waals surface area (Å²) in [5, 5.41) is 0. The Morgan fingerprint density at radius 3 is 2.42 bits per heavy atom. The zero-order chi connectivity index (χ0) is 13.9. The second-order valence-electron chi connectivity index (χ2n) is 4.03. The maximum Gasteiger partial charge on any atom is 0.229 e. The molecule has 2 aromatic rings. The summed E-state index contributed by atoms with van der Waals surface area (Å²) >= 11 is 0. The van der Waals surface area contributed by atoms with Crippen molar-refractivity contribution in [2.75, 3.05) is 18.1 Å². The molecule has 0 amide bonds. The molecular weight excluding hydrogens is 264 g/mol. The minimum Gasteiger partial charge on any atom is -0.497 e. The van der Waals surface area contributed by atoms with E-state index in [1.54, 1.807) is 43.6 Å². The van der Waals surface area contributed by atoms with E-state index < -0.39 is 10.0 Å². The lowest BCUT2D eigenvalue weighted by Gasteiger charge is -2.06. The second-order valence-corrected chi connectivity index (χ2v) is 5.78. The Morgan fingerprint density at radius 2 is 1.84 bits per heavy atom. The van der Waals surface area contributed by atoms with Gasteiger partial charge in [0.15, 0.2) is 0 Å². The smallest absolute Gasteiger partial charge is 0.229 e. The first kappa shape index (κ1) is 13.4. The van der Waals surface area contributed by atoms with Crippen molar-refractivity contribution in [2.45, 2.75) is 0 Å². The van der Waals surface area contributed by atoms with Gasteiger partial charge in [0.2, 0.25) is 10.0 Å². The molecule has 6 heteroatoms. The number of pyridine rings is 1. The summed E-state index contributed by atoms with van der Waals surface area (Å²) in [5.74, 6) is 0.725. The number of aromatic nitrogens is 1. The van der Waals surface area contributed by atoms with E-state index in [9.17, 15) is 8.42 Å². The van der Waals surface area contributed by atoms with Crippen molar-refractivity contribution in [3.63, 3.8) is 0 Å². The van der Waals surface area contributed by atoms with Crippen LogP contribution in [0.15, 0.2) is 42.6 Å². The zero-order valence-corrected chi connectivity index (χ0v) is 11.4. The molecule has 0 spiro atoms. The number of benzene rings is 1. The van der Waals surface area contributed by atoms with Crippen molar-refractivity contribution < 1.29 is 13.2 Å². The van der Waals surface area contributed by atoms with Gasteiger partial charge in [0.25, 0.3) is 0 Å². The molecule has 0 bridgehead atoms. The molecule has 5 nitrogen and oxygen atoms in total. The van der Waals surface area contributed by atoms with Crippen LogP contribution in [0.3, 0.4) is 0 Å². The van der Waals surface area contributed by atoms with E-state index >= 15 is 0 Å². The maximum atomic E-state index is 11.1. The summed E-state index contributed by atoms with van der Waals surface area (Å²) in [6.07, 6.45) is 2.78. The van der Waals surface area contributed by atoms with E-state index in [2.05, 4.69) is 9.71 Å². The summed E-state index contributed by atoms with van der Waals surface area (Å²) in [4.78, 5) is 4.24. The van der Waals surface area contributed by atoms with Crippen LogP contribution in [0.5, 0.6) is 5.75 Å². The fourth-order valence-corrected chi connectivity index (χ4v) is 2.18. The van der Waals surface area contributed by atoms with Crippen molar-refractivity contribution >= 4 is 15.7 Å². The van der Waals surface area contributed by atoms with E-state index in [1.165, 1.54) is 0 Å². The van der Waals surface area contributed by atoms with Crippen LogP contribution < -0.4 is 9.46 Å². The summed E-state index contributed by atoms with van der Waals surface area (Å²) in [5.41, 5.74) is 2.18. The Hall–Kier alpha value is -2.08. The highest BCUT2D eigenvalue weighted by Crippen LogP contribution is 2.23. The van der Waals surface area contributed by atoms with Gasteiger partial charge < -0.3 is 4.74 Å². The number of hydrogen-bond acceptors (Lipinski definition) is 4. The van der Waals surface area contributed by atoms with Crippen LogP contribution in [0.1, 0.15) is 0 Å². The third-order valence-corrected chi connectivity index (χ3v) is 3.06. The Bertz CT molecular complexity index is 667. The highest BCUT2D eigenvalue weighted by atomic mass is 32.2. The van der Waals surface area contributed by atoms with E-state index in [-0.39, 0.29) is 0 Å². The number of methoxy groups -OCH3 is 1. The monoisotopic (exact) mass is 278 g/mol. The fraction of sp³-hybridized carbons (Fsp3) is 0.154. The number of nitrogens with zero attached hydrogens (tertiary/aromatic N) is 1. The lowest BCUT2D eigenvalue weighted by Crippen LogP contribution is -2.09. The highest BCUT2D eigenvalue weighted by molar-refractivity contribution is 7.92. The van der Waals surface area contributed by atoms with E-state index in [1.807, 2.05) is 6.07 Å². The van der Waals surface area contributed by atoms with E-state index in [0.29, 0.717) is 5.69 Å². The first-order valence-electron chi connectivity index (χ1n) is 5.56. The molecule has 0 aliphatic carbocycles. The molecule has 1 heterocycles. The normalized spacial score (nSPS) is 11.1. The molecule has 100 valence electrons. The molecule has 1 aromatic carbocycles. The molecule has 0 unspecified atom stereocenters.